The van der Waals surface area contributed by atoms with Crippen molar-refractivity contribution < 1.29 is 23.1 Å². The van der Waals surface area contributed by atoms with E-state index in [1.54, 1.807) is 28.5 Å². The molecule has 2 aromatic heterocycles. The van der Waals surface area contributed by atoms with Gasteiger partial charge in [-0.2, -0.15) is 8.78 Å². The number of aryl methyl sites for hydroxylation is 1. The van der Waals surface area contributed by atoms with E-state index in [0.29, 0.717) is 41.5 Å². The lowest BCUT2D eigenvalue weighted by Crippen LogP contribution is -2.47. The molecular weight excluding hydrogens is 342 g/mol. The van der Waals surface area contributed by atoms with Crippen LogP contribution in [0.5, 0.6) is 0 Å². The second-order valence-corrected chi connectivity index (χ2v) is 6.45. The van der Waals surface area contributed by atoms with Crippen molar-refractivity contribution in [1.82, 2.24) is 19.7 Å². The highest BCUT2D eigenvalue weighted by molar-refractivity contribution is 7.98. The number of nitrogens with zero attached hydrogens (tertiary/aromatic N) is 4. The minimum Gasteiger partial charge on any atom is -0.480 e. The minimum atomic E-state index is -2.45. The van der Waals surface area contributed by atoms with Crippen molar-refractivity contribution >= 4 is 17.7 Å². The summed E-state index contributed by atoms with van der Waals surface area (Å²) in [5.41, 5.74) is 0. The van der Waals surface area contributed by atoms with Gasteiger partial charge in [-0.3, -0.25) is 9.69 Å². The highest BCUT2D eigenvalue weighted by Crippen LogP contribution is 2.24. The number of fused-ring (bicyclic) bond motifs is 1. The topological polar surface area (TPSA) is 84.4 Å². The van der Waals surface area contributed by atoms with Gasteiger partial charge >= 0.3 is 5.97 Å². The standard InChI is InChI=1S/C14H16F2N4O3S/c1-8-17-18-12-6-19(11(13(21)22)5-20(8)12)4-9-2-3-10(23-9)7-24-14(15)16/h2-3,11,14H,4-7H2,1H3,(H,21,22). The van der Waals surface area contributed by atoms with E-state index in [9.17, 15) is 18.7 Å². The van der Waals surface area contributed by atoms with Crippen LogP contribution in [0.4, 0.5) is 8.78 Å². The quantitative estimate of drug-likeness (QED) is 0.846. The van der Waals surface area contributed by atoms with E-state index in [0.717, 1.165) is 0 Å². The predicted molar refractivity (Wildman–Crippen MR) is 81.4 cm³/mol. The number of halogens is 2. The fraction of sp³-hybridized carbons (Fsp3) is 0.500. The van der Waals surface area contributed by atoms with Crippen LogP contribution in [0.1, 0.15) is 23.2 Å². The number of carbonyl (C=O) groups is 1. The highest BCUT2D eigenvalue weighted by Gasteiger charge is 2.33. The number of aliphatic carboxylic acids is 1. The lowest BCUT2D eigenvalue weighted by molar-refractivity contribution is -0.145. The van der Waals surface area contributed by atoms with Crippen LogP contribution in [0.2, 0.25) is 0 Å². The number of hydrogen-bond donors (Lipinski definition) is 1. The zero-order valence-electron chi connectivity index (χ0n) is 12.9. The SMILES string of the molecule is Cc1nnc2n1CC(C(=O)O)N(Cc1ccc(CSC(F)F)o1)C2. The maximum atomic E-state index is 12.2. The van der Waals surface area contributed by atoms with Crippen LogP contribution in [0.3, 0.4) is 0 Å². The first-order valence-electron chi connectivity index (χ1n) is 7.27. The summed E-state index contributed by atoms with van der Waals surface area (Å²) in [6.07, 6.45) is 0. The van der Waals surface area contributed by atoms with Crippen molar-refractivity contribution in [2.24, 2.45) is 0 Å². The number of thioether (sulfide) groups is 1. The summed E-state index contributed by atoms with van der Waals surface area (Å²) in [5.74, 6) is -0.951. The monoisotopic (exact) mass is 358 g/mol. The molecule has 10 heteroatoms. The van der Waals surface area contributed by atoms with Gasteiger partial charge in [0.05, 0.1) is 25.4 Å². The normalized spacial score (nSPS) is 18.1. The second-order valence-electron chi connectivity index (χ2n) is 5.47. The summed E-state index contributed by atoms with van der Waals surface area (Å²) in [7, 11) is 0. The number of furan rings is 1. The molecule has 0 bridgehead atoms. The van der Waals surface area contributed by atoms with Crippen LogP contribution in [-0.4, -0.2) is 42.5 Å². The van der Waals surface area contributed by atoms with Crippen LogP contribution in [0.25, 0.3) is 0 Å². The fourth-order valence-corrected chi connectivity index (χ4v) is 3.14. The molecule has 0 aliphatic carbocycles. The van der Waals surface area contributed by atoms with E-state index in [4.69, 9.17) is 4.42 Å². The molecular formula is C14H16F2N4O3S. The van der Waals surface area contributed by atoms with Crippen LogP contribution >= 0.6 is 11.8 Å². The summed E-state index contributed by atoms with van der Waals surface area (Å²) in [4.78, 5) is 13.3. The molecule has 0 aromatic carbocycles. The molecule has 130 valence electrons. The van der Waals surface area contributed by atoms with Gasteiger partial charge in [-0.1, -0.05) is 11.8 Å². The third-order valence-electron chi connectivity index (χ3n) is 3.87. The molecule has 0 saturated heterocycles. The lowest BCUT2D eigenvalue weighted by Gasteiger charge is -2.32. The van der Waals surface area contributed by atoms with E-state index in [1.165, 1.54) is 0 Å². The predicted octanol–water partition coefficient (Wildman–Crippen LogP) is 2.10. The summed E-state index contributed by atoms with van der Waals surface area (Å²) < 4.78 is 31.8. The van der Waals surface area contributed by atoms with Crippen molar-refractivity contribution in [3.63, 3.8) is 0 Å². The molecule has 1 N–H and O–H groups in total. The molecule has 2 aromatic rings. The zero-order valence-corrected chi connectivity index (χ0v) is 13.7. The van der Waals surface area contributed by atoms with Gasteiger partial charge in [0.25, 0.3) is 5.76 Å². The molecule has 3 heterocycles. The van der Waals surface area contributed by atoms with E-state index in [-0.39, 0.29) is 18.8 Å². The Morgan fingerprint density at radius 2 is 2.21 bits per heavy atom. The van der Waals surface area contributed by atoms with Gasteiger partial charge in [0.2, 0.25) is 0 Å². The minimum absolute atomic E-state index is 0.0769. The van der Waals surface area contributed by atoms with Gasteiger partial charge in [0.15, 0.2) is 0 Å². The summed E-state index contributed by atoms with van der Waals surface area (Å²) in [6.45, 7) is 2.64. The molecule has 3 rings (SSSR count). The van der Waals surface area contributed by atoms with Crippen LogP contribution < -0.4 is 0 Å². The summed E-state index contributed by atoms with van der Waals surface area (Å²) in [5, 5.41) is 17.5. The van der Waals surface area contributed by atoms with Crippen LogP contribution in [-0.2, 0) is 30.2 Å². The number of aromatic nitrogens is 3. The number of carboxylic acid groups (broad SMARTS) is 1. The summed E-state index contributed by atoms with van der Waals surface area (Å²) >= 11 is 0.486. The lowest BCUT2D eigenvalue weighted by atomic mass is 10.2. The van der Waals surface area contributed by atoms with Gasteiger partial charge in [0, 0.05) is 0 Å². The Morgan fingerprint density at radius 3 is 2.92 bits per heavy atom. The van der Waals surface area contributed by atoms with Crippen molar-refractivity contribution in [1.29, 1.82) is 0 Å². The molecule has 7 nitrogen and oxygen atoms in total. The summed E-state index contributed by atoms with van der Waals surface area (Å²) in [6, 6.07) is 2.60. The number of alkyl halides is 2. The molecule has 1 aliphatic heterocycles. The molecule has 1 unspecified atom stereocenters. The van der Waals surface area contributed by atoms with Crippen LogP contribution in [0, 0.1) is 6.92 Å². The molecule has 24 heavy (non-hydrogen) atoms. The fourth-order valence-electron chi connectivity index (χ4n) is 2.69. The van der Waals surface area contributed by atoms with Gasteiger partial charge in [0.1, 0.15) is 29.2 Å². The third-order valence-corrected chi connectivity index (χ3v) is 4.57. The highest BCUT2D eigenvalue weighted by atomic mass is 32.2. The number of rotatable bonds is 6. The zero-order chi connectivity index (χ0) is 17.3. The van der Waals surface area contributed by atoms with Gasteiger partial charge < -0.3 is 14.1 Å². The molecule has 1 atom stereocenters. The Morgan fingerprint density at radius 1 is 1.46 bits per heavy atom. The average molecular weight is 358 g/mol. The van der Waals surface area contributed by atoms with E-state index < -0.39 is 17.8 Å². The molecule has 0 spiro atoms. The average Bonchev–Trinajstić information content (AvgIpc) is 3.11. The van der Waals surface area contributed by atoms with Gasteiger partial charge in [-0.05, 0) is 19.1 Å². The van der Waals surface area contributed by atoms with E-state index in [2.05, 4.69) is 10.2 Å². The third kappa shape index (κ3) is 3.59. The number of hydrogen-bond acceptors (Lipinski definition) is 6. The maximum absolute atomic E-state index is 12.2. The maximum Gasteiger partial charge on any atom is 0.322 e. The van der Waals surface area contributed by atoms with Crippen molar-refractivity contribution in [3.8, 4) is 0 Å². The number of carboxylic acids is 1. The Hall–Kier alpha value is -1.94. The smallest absolute Gasteiger partial charge is 0.322 e. The molecule has 0 saturated carbocycles. The first kappa shape index (κ1) is 16.9. The molecule has 0 fully saturated rings. The molecule has 0 amide bonds. The van der Waals surface area contributed by atoms with Gasteiger partial charge in [-0.15, -0.1) is 10.2 Å². The molecule has 1 aliphatic rings. The van der Waals surface area contributed by atoms with Crippen molar-refractivity contribution in [2.75, 3.05) is 0 Å². The largest absolute Gasteiger partial charge is 0.480 e. The first-order valence-corrected chi connectivity index (χ1v) is 8.32. The van der Waals surface area contributed by atoms with Crippen molar-refractivity contribution in [3.05, 3.63) is 35.3 Å². The van der Waals surface area contributed by atoms with Crippen molar-refractivity contribution in [2.45, 2.75) is 44.1 Å². The van der Waals surface area contributed by atoms with E-state index in [1.807, 2.05) is 0 Å². The second kappa shape index (κ2) is 6.89. The Balaban J connectivity index is 1.72. The van der Waals surface area contributed by atoms with E-state index >= 15 is 0 Å². The van der Waals surface area contributed by atoms with Gasteiger partial charge in [-0.25, -0.2) is 0 Å². The van der Waals surface area contributed by atoms with Crippen LogP contribution in [0.15, 0.2) is 16.5 Å². The first-order chi connectivity index (χ1) is 11.4. The molecule has 0 radical (unpaired) electrons. The Labute approximate surface area is 140 Å². The Kier molecular flexibility index (Phi) is 4.86. The Bertz CT molecular complexity index is 733.